The predicted molar refractivity (Wildman–Crippen MR) is 87.7 cm³/mol. The van der Waals surface area contributed by atoms with Crippen LogP contribution in [0.4, 0.5) is 4.39 Å². The van der Waals surface area contributed by atoms with Gasteiger partial charge in [-0.3, -0.25) is 4.98 Å². The molecule has 124 valence electrons. The van der Waals surface area contributed by atoms with Crippen LogP contribution in [-0.4, -0.2) is 24.3 Å². The van der Waals surface area contributed by atoms with Gasteiger partial charge in [0.25, 0.3) is 0 Å². The Bertz CT molecular complexity index is 911. The molecule has 6 heteroatoms. The number of methoxy groups -OCH3 is 2. The van der Waals surface area contributed by atoms with E-state index in [0.717, 1.165) is 0 Å². The third-order valence-corrected chi connectivity index (χ3v) is 3.68. The highest BCUT2D eigenvalue weighted by molar-refractivity contribution is 5.88. The number of nitrogens with zero attached hydrogens (tertiary/aromatic N) is 1. The Labute approximate surface area is 138 Å². The third kappa shape index (κ3) is 2.78. The van der Waals surface area contributed by atoms with Crippen LogP contribution in [0.25, 0.3) is 10.9 Å². The van der Waals surface area contributed by atoms with Crippen LogP contribution in [0.15, 0.2) is 36.5 Å². The van der Waals surface area contributed by atoms with Crippen molar-refractivity contribution in [2.75, 3.05) is 14.2 Å². The molecule has 1 heterocycles. The smallest absolute Gasteiger partial charge is 0.166 e. The number of benzene rings is 2. The molecule has 0 aliphatic carbocycles. The van der Waals surface area contributed by atoms with Crippen LogP contribution < -0.4 is 14.2 Å². The number of fused-ring (bicyclic) bond motifs is 1. The molecule has 0 spiro atoms. The highest BCUT2D eigenvalue weighted by Gasteiger charge is 2.14. The van der Waals surface area contributed by atoms with E-state index in [1.165, 1.54) is 26.4 Å². The molecule has 0 saturated heterocycles. The fourth-order valence-corrected chi connectivity index (χ4v) is 2.38. The van der Waals surface area contributed by atoms with Gasteiger partial charge in [0.05, 0.1) is 19.7 Å². The molecule has 0 unspecified atom stereocenters. The molecule has 0 radical (unpaired) electrons. The van der Waals surface area contributed by atoms with E-state index in [0.29, 0.717) is 33.7 Å². The lowest BCUT2D eigenvalue weighted by Gasteiger charge is -2.13. The van der Waals surface area contributed by atoms with Crippen molar-refractivity contribution in [2.24, 2.45) is 0 Å². The maximum Gasteiger partial charge on any atom is 0.166 e. The first-order valence-corrected chi connectivity index (χ1v) is 7.21. The van der Waals surface area contributed by atoms with Gasteiger partial charge in [-0.1, -0.05) is 0 Å². The number of rotatable bonds is 4. The minimum Gasteiger partial charge on any atom is -0.508 e. The van der Waals surface area contributed by atoms with E-state index in [2.05, 4.69) is 4.98 Å². The molecule has 0 fully saturated rings. The summed E-state index contributed by atoms with van der Waals surface area (Å²) in [5.74, 6) is 0.770. The van der Waals surface area contributed by atoms with Gasteiger partial charge < -0.3 is 19.3 Å². The van der Waals surface area contributed by atoms with Crippen molar-refractivity contribution in [3.05, 3.63) is 47.9 Å². The number of hydrogen-bond donors (Lipinski definition) is 1. The Balaban J connectivity index is 2.11. The van der Waals surface area contributed by atoms with Crippen molar-refractivity contribution in [1.29, 1.82) is 0 Å². The average molecular weight is 329 g/mol. The summed E-state index contributed by atoms with van der Waals surface area (Å²) in [5, 5.41) is 10.4. The second kappa shape index (κ2) is 6.23. The van der Waals surface area contributed by atoms with E-state index >= 15 is 0 Å². The van der Waals surface area contributed by atoms with Gasteiger partial charge in [0.2, 0.25) is 0 Å². The average Bonchev–Trinajstić information content (AvgIpc) is 2.58. The van der Waals surface area contributed by atoms with Gasteiger partial charge in [0, 0.05) is 23.7 Å². The fourth-order valence-electron chi connectivity index (χ4n) is 2.38. The second-order valence-electron chi connectivity index (χ2n) is 5.20. The number of halogens is 1. The quantitative estimate of drug-likeness (QED) is 0.777. The molecule has 0 saturated carbocycles. The molecule has 0 aliphatic rings. The highest BCUT2D eigenvalue weighted by atomic mass is 19.1. The molecule has 3 rings (SSSR count). The summed E-state index contributed by atoms with van der Waals surface area (Å²) in [4.78, 5) is 4.26. The molecule has 0 amide bonds. The maximum absolute atomic E-state index is 14.1. The Morgan fingerprint density at radius 2 is 1.67 bits per heavy atom. The number of phenols is 1. The minimum absolute atomic E-state index is 0.0380. The monoisotopic (exact) mass is 329 g/mol. The first kappa shape index (κ1) is 15.9. The largest absolute Gasteiger partial charge is 0.508 e. The molecule has 0 bridgehead atoms. The number of aromatic nitrogens is 1. The van der Waals surface area contributed by atoms with Crippen LogP contribution >= 0.6 is 0 Å². The van der Waals surface area contributed by atoms with Gasteiger partial charge in [-0.15, -0.1) is 0 Å². The topological polar surface area (TPSA) is 60.8 Å². The van der Waals surface area contributed by atoms with Crippen LogP contribution in [0.3, 0.4) is 0 Å². The van der Waals surface area contributed by atoms with E-state index in [4.69, 9.17) is 14.2 Å². The summed E-state index contributed by atoms with van der Waals surface area (Å²) in [7, 11) is 3.06. The van der Waals surface area contributed by atoms with Gasteiger partial charge in [-0.2, -0.15) is 0 Å². The Hall–Kier alpha value is -3.02. The molecule has 1 aromatic heterocycles. The molecule has 3 aromatic rings. The number of aryl methyl sites for hydroxylation is 1. The van der Waals surface area contributed by atoms with Crippen molar-refractivity contribution in [3.8, 4) is 28.7 Å². The van der Waals surface area contributed by atoms with E-state index in [-0.39, 0.29) is 11.5 Å². The lowest BCUT2D eigenvalue weighted by Crippen LogP contribution is -1.94. The van der Waals surface area contributed by atoms with Crippen molar-refractivity contribution >= 4 is 10.9 Å². The summed E-state index contributed by atoms with van der Waals surface area (Å²) in [5.41, 5.74) is 1.05. The molecular weight excluding hydrogens is 313 g/mol. The molecule has 5 nitrogen and oxygen atoms in total. The Morgan fingerprint density at radius 3 is 2.38 bits per heavy atom. The number of ether oxygens (including phenoxy) is 3. The first-order chi connectivity index (χ1) is 11.5. The number of phenolic OH excluding ortho intramolecular Hbond substituents is 1. The molecule has 0 atom stereocenters. The molecule has 24 heavy (non-hydrogen) atoms. The predicted octanol–water partition coefficient (Wildman–Crippen LogP) is 4.20. The third-order valence-electron chi connectivity index (χ3n) is 3.68. The summed E-state index contributed by atoms with van der Waals surface area (Å²) in [6, 6.07) is 7.51. The van der Waals surface area contributed by atoms with Gasteiger partial charge in [0.1, 0.15) is 11.5 Å². The summed E-state index contributed by atoms with van der Waals surface area (Å²) in [6.07, 6.45) is 1.55. The normalized spacial score (nSPS) is 10.7. The van der Waals surface area contributed by atoms with Crippen molar-refractivity contribution in [2.45, 2.75) is 6.92 Å². The Morgan fingerprint density at radius 1 is 0.958 bits per heavy atom. The Kier molecular flexibility index (Phi) is 4.12. The second-order valence-corrected chi connectivity index (χ2v) is 5.20. The summed E-state index contributed by atoms with van der Waals surface area (Å²) < 4.78 is 30.3. The van der Waals surface area contributed by atoms with E-state index < -0.39 is 5.82 Å². The number of hydrogen-bond acceptors (Lipinski definition) is 5. The molecular formula is C18H16FNO4. The fraction of sp³-hybridized carbons (Fsp3) is 0.167. The van der Waals surface area contributed by atoms with Crippen LogP contribution in [0.1, 0.15) is 5.56 Å². The van der Waals surface area contributed by atoms with Gasteiger partial charge in [-0.05, 0) is 30.7 Å². The molecule has 0 aliphatic heterocycles. The van der Waals surface area contributed by atoms with Crippen LogP contribution in [0, 0.1) is 12.7 Å². The van der Waals surface area contributed by atoms with E-state index in [1.54, 1.807) is 31.3 Å². The number of pyridine rings is 1. The molecule has 2 aromatic carbocycles. The zero-order valence-electron chi connectivity index (χ0n) is 13.5. The van der Waals surface area contributed by atoms with Crippen LogP contribution in [0.5, 0.6) is 28.7 Å². The zero-order chi connectivity index (χ0) is 17.3. The maximum atomic E-state index is 14.1. The zero-order valence-corrected chi connectivity index (χ0v) is 13.5. The standard InChI is InChI=1S/C18H16FNO4/c1-10-6-12(19)16(9-14(10)21)24-15-4-5-20-13-8-18(23-3)17(22-2)7-11(13)15/h4-9,21H,1-3H3. The number of aromatic hydroxyl groups is 1. The molecule has 1 N–H and O–H groups in total. The highest BCUT2D eigenvalue weighted by Crippen LogP contribution is 2.38. The van der Waals surface area contributed by atoms with Crippen molar-refractivity contribution in [3.63, 3.8) is 0 Å². The van der Waals surface area contributed by atoms with E-state index in [9.17, 15) is 9.50 Å². The van der Waals surface area contributed by atoms with Gasteiger partial charge in [0.15, 0.2) is 23.1 Å². The van der Waals surface area contributed by atoms with E-state index in [1.807, 2.05) is 0 Å². The van der Waals surface area contributed by atoms with Gasteiger partial charge in [-0.25, -0.2) is 4.39 Å². The summed E-state index contributed by atoms with van der Waals surface area (Å²) >= 11 is 0. The van der Waals surface area contributed by atoms with Crippen LogP contribution in [-0.2, 0) is 0 Å². The lowest BCUT2D eigenvalue weighted by atomic mass is 10.1. The van der Waals surface area contributed by atoms with Crippen LogP contribution in [0.2, 0.25) is 0 Å². The first-order valence-electron chi connectivity index (χ1n) is 7.21. The lowest BCUT2D eigenvalue weighted by molar-refractivity contribution is 0.355. The van der Waals surface area contributed by atoms with Gasteiger partial charge >= 0.3 is 0 Å². The SMILES string of the molecule is COc1cc2nccc(Oc3cc(O)c(C)cc3F)c2cc1OC. The van der Waals surface area contributed by atoms with Crippen molar-refractivity contribution in [1.82, 2.24) is 4.98 Å². The summed E-state index contributed by atoms with van der Waals surface area (Å²) in [6.45, 7) is 1.61. The minimum atomic E-state index is -0.560. The van der Waals surface area contributed by atoms with Crippen molar-refractivity contribution < 1.29 is 23.7 Å².